The Bertz CT molecular complexity index is 1270. The maximum Gasteiger partial charge on any atom is 0.222 e. The summed E-state index contributed by atoms with van der Waals surface area (Å²) in [5, 5.41) is 9.18. The van der Waals surface area contributed by atoms with Crippen LogP contribution in [0.15, 0.2) is 66.7 Å². The third-order valence-corrected chi connectivity index (χ3v) is 8.07. The molecule has 0 spiro atoms. The number of unbranched alkanes of at least 4 members (excludes halogenated alkanes) is 1. The van der Waals surface area contributed by atoms with Gasteiger partial charge in [-0.2, -0.15) is 0 Å². The highest BCUT2D eigenvalue weighted by atomic mass is 16.5. The number of aliphatic hydroxyl groups excluding tert-OH is 1. The molecule has 42 heavy (non-hydrogen) atoms. The van der Waals surface area contributed by atoms with Crippen LogP contribution in [0.4, 0.5) is 0 Å². The lowest BCUT2D eigenvalue weighted by molar-refractivity contribution is -0.128. The second kappa shape index (κ2) is 15.6. The summed E-state index contributed by atoms with van der Waals surface area (Å²) in [4.78, 5) is 16.1. The fraction of sp³-hybridized carbons (Fsp3) is 0.457. The third-order valence-electron chi connectivity index (χ3n) is 8.07. The molecule has 0 aromatic heterocycles. The predicted octanol–water partition coefficient (Wildman–Crippen LogP) is 5.57. The van der Waals surface area contributed by atoms with E-state index in [2.05, 4.69) is 53.4 Å². The topological polar surface area (TPSA) is 71.5 Å². The molecule has 0 radical (unpaired) electrons. The van der Waals surface area contributed by atoms with E-state index in [0.29, 0.717) is 32.8 Å². The van der Waals surface area contributed by atoms with Crippen molar-refractivity contribution in [2.24, 2.45) is 0 Å². The fourth-order valence-electron chi connectivity index (χ4n) is 5.69. The van der Waals surface area contributed by atoms with Gasteiger partial charge in [-0.1, -0.05) is 42.5 Å². The Hall–Kier alpha value is -3.55. The lowest BCUT2D eigenvalue weighted by Crippen LogP contribution is -2.29. The number of carbonyl (C=O) groups is 1. The lowest BCUT2D eigenvalue weighted by Gasteiger charge is -2.18. The van der Waals surface area contributed by atoms with Crippen molar-refractivity contribution in [3.8, 4) is 28.4 Å². The minimum atomic E-state index is 0.169. The summed E-state index contributed by atoms with van der Waals surface area (Å²) in [6, 6.07) is 23.0. The highest BCUT2D eigenvalue weighted by Crippen LogP contribution is 2.35. The van der Waals surface area contributed by atoms with Crippen LogP contribution in [0.25, 0.3) is 11.1 Å². The summed E-state index contributed by atoms with van der Waals surface area (Å²) in [5.74, 6) is 2.57. The molecule has 0 atom stereocenters. The molecule has 3 aromatic carbocycles. The Kier molecular flexibility index (Phi) is 11.1. The molecule has 0 aliphatic carbocycles. The van der Waals surface area contributed by atoms with Gasteiger partial charge in [0.25, 0.3) is 0 Å². The zero-order chi connectivity index (χ0) is 29.0. The normalized spacial score (nSPS) is 15.4. The second-order valence-corrected chi connectivity index (χ2v) is 11.1. The number of ether oxygens (including phenoxy) is 3. The van der Waals surface area contributed by atoms with Crippen molar-refractivity contribution in [2.75, 3.05) is 59.2 Å². The number of amides is 1. The van der Waals surface area contributed by atoms with Crippen LogP contribution in [0.1, 0.15) is 49.7 Å². The Balaban J connectivity index is 1.24. The molecule has 1 N–H and O–H groups in total. The van der Waals surface area contributed by atoms with Gasteiger partial charge in [0.15, 0.2) is 11.5 Å². The highest BCUT2D eigenvalue weighted by molar-refractivity contribution is 5.78. The van der Waals surface area contributed by atoms with E-state index in [4.69, 9.17) is 14.2 Å². The first-order chi connectivity index (χ1) is 20.7. The number of hydrogen-bond acceptors (Lipinski definition) is 6. The van der Waals surface area contributed by atoms with Crippen LogP contribution in [0.3, 0.4) is 0 Å². The predicted molar refractivity (Wildman–Crippen MR) is 165 cm³/mol. The number of likely N-dealkylation sites (tertiary alicyclic amines) is 2. The van der Waals surface area contributed by atoms with Crippen molar-refractivity contribution in [1.82, 2.24) is 9.80 Å². The summed E-state index contributed by atoms with van der Waals surface area (Å²) in [5.41, 5.74) is 4.68. The Morgan fingerprint density at radius 1 is 0.738 bits per heavy atom. The molecule has 1 amide bonds. The van der Waals surface area contributed by atoms with Crippen LogP contribution >= 0.6 is 0 Å². The van der Waals surface area contributed by atoms with E-state index < -0.39 is 0 Å². The number of hydrogen-bond donors (Lipinski definition) is 1. The molecule has 0 bridgehead atoms. The SMILES string of the molecule is O=C1CCCN1CCOc1ccc(Cc2ccccc2-c2ccc(OCCN3CCCC3)c(OCCCCO)c2)cc1. The molecule has 7 heteroatoms. The molecular weight excluding hydrogens is 528 g/mol. The minimum absolute atomic E-state index is 0.169. The molecule has 3 aromatic rings. The molecule has 2 aliphatic heterocycles. The number of nitrogens with zero attached hydrogens (tertiary/aromatic N) is 2. The minimum Gasteiger partial charge on any atom is -0.492 e. The molecule has 2 saturated heterocycles. The van der Waals surface area contributed by atoms with Gasteiger partial charge < -0.3 is 24.2 Å². The van der Waals surface area contributed by atoms with Gasteiger partial charge in [0.1, 0.15) is 19.0 Å². The standard InChI is InChI=1S/C35H44N2O5/c38-22-5-6-23-41-34-27-30(13-16-33(34)42-24-20-36-17-3-4-18-36)32-9-2-1-8-29(32)26-28-11-14-31(15-12-28)40-25-21-37-19-7-10-35(37)39/h1-2,8-9,11-16,27,38H,3-7,10,17-26H2. The van der Waals surface area contributed by atoms with Crippen LogP contribution in [0.2, 0.25) is 0 Å². The van der Waals surface area contributed by atoms with Crippen LogP contribution in [0, 0.1) is 0 Å². The summed E-state index contributed by atoms with van der Waals surface area (Å²) < 4.78 is 18.3. The van der Waals surface area contributed by atoms with Crippen molar-refractivity contribution in [2.45, 2.75) is 44.9 Å². The quantitative estimate of drug-likeness (QED) is 0.226. The van der Waals surface area contributed by atoms with Gasteiger partial charge in [0.05, 0.1) is 13.2 Å². The van der Waals surface area contributed by atoms with E-state index in [1.165, 1.54) is 24.0 Å². The first-order valence-corrected chi connectivity index (χ1v) is 15.5. The summed E-state index contributed by atoms with van der Waals surface area (Å²) in [6.07, 6.45) is 6.45. The Labute approximate surface area is 250 Å². The summed E-state index contributed by atoms with van der Waals surface area (Å²) >= 11 is 0. The van der Waals surface area contributed by atoms with Crippen molar-refractivity contribution in [3.05, 3.63) is 77.9 Å². The molecule has 0 unspecified atom stereocenters. The van der Waals surface area contributed by atoms with Crippen molar-refractivity contribution >= 4 is 5.91 Å². The number of benzene rings is 3. The van der Waals surface area contributed by atoms with E-state index in [0.717, 1.165) is 80.2 Å². The van der Waals surface area contributed by atoms with Crippen LogP contribution in [-0.4, -0.2) is 80.0 Å². The average Bonchev–Trinajstić information content (AvgIpc) is 3.69. The van der Waals surface area contributed by atoms with Gasteiger partial charge >= 0.3 is 0 Å². The Morgan fingerprint density at radius 3 is 2.31 bits per heavy atom. The van der Waals surface area contributed by atoms with Gasteiger partial charge in [0.2, 0.25) is 5.91 Å². The first kappa shape index (κ1) is 29.9. The van der Waals surface area contributed by atoms with Gasteiger partial charge in [-0.15, -0.1) is 0 Å². The smallest absolute Gasteiger partial charge is 0.222 e. The van der Waals surface area contributed by atoms with E-state index in [1.807, 2.05) is 23.1 Å². The van der Waals surface area contributed by atoms with Gasteiger partial charge in [-0.25, -0.2) is 0 Å². The van der Waals surface area contributed by atoms with Crippen LogP contribution < -0.4 is 14.2 Å². The molecule has 2 heterocycles. The van der Waals surface area contributed by atoms with E-state index >= 15 is 0 Å². The van der Waals surface area contributed by atoms with Crippen LogP contribution in [0.5, 0.6) is 17.2 Å². The monoisotopic (exact) mass is 572 g/mol. The van der Waals surface area contributed by atoms with E-state index in [-0.39, 0.29) is 12.5 Å². The van der Waals surface area contributed by atoms with Gasteiger partial charge in [0, 0.05) is 26.1 Å². The number of aliphatic hydroxyl groups is 1. The molecule has 2 fully saturated rings. The summed E-state index contributed by atoms with van der Waals surface area (Å²) in [7, 11) is 0. The highest BCUT2D eigenvalue weighted by Gasteiger charge is 2.19. The van der Waals surface area contributed by atoms with Gasteiger partial charge in [-0.3, -0.25) is 9.69 Å². The maximum absolute atomic E-state index is 11.8. The second-order valence-electron chi connectivity index (χ2n) is 11.1. The molecule has 5 rings (SSSR count). The van der Waals surface area contributed by atoms with Crippen LogP contribution in [-0.2, 0) is 11.2 Å². The first-order valence-electron chi connectivity index (χ1n) is 15.5. The lowest BCUT2D eigenvalue weighted by atomic mass is 9.94. The molecule has 7 nitrogen and oxygen atoms in total. The van der Waals surface area contributed by atoms with Crippen molar-refractivity contribution in [1.29, 1.82) is 0 Å². The molecule has 2 aliphatic rings. The largest absolute Gasteiger partial charge is 0.492 e. The summed E-state index contributed by atoms with van der Waals surface area (Å²) in [6.45, 7) is 6.57. The molecular formula is C35H44N2O5. The zero-order valence-electron chi connectivity index (χ0n) is 24.6. The molecule has 0 saturated carbocycles. The zero-order valence-corrected chi connectivity index (χ0v) is 24.6. The van der Waals surface area contributed by atoms with Gasteiger partial charge in [-0.05, 0) is 98.1 Å². The number of rotatable bonds is 16. The van der Waals surface area contributed by atoms with E-state index in [9.17, 15) is 9.90 Å². The average molecular weight is 573 g/mol. The molecule has 224 valence electrons. The number of carbonyl (C=O) groups excluding carboxylic acids is 1. The van der Waals surface area contributed by atoms with Crippen molar-refractivity contribution < 1.29 is 24.1 Å². The van der Waals surface area contributed by atoms with E-state index in [1.54, 1.807) is 0 Å². The third kappa shape index (κ3) is 8.49. The maximum atomic E-state index is 11.8. The fourth-order valence-corrected chi connectivity index (χ4v) is 5.69. The van der Waals surface area contributed by atoms with Crippen molar-refractivity contribution in [3.63, 3.8) is 0 Å². The Morgan fingerprint density at radius 2 is 1.52 bits per heavy atom.